The summed E-state index contributed by atoms with van der Waals surface area (Å²) in [6.07, 6.45) is 0.111. The number of ether oxygens (including phenoxy) is 2. The van der Waals surface area contributed by atoms with E-state index in [9.17, 15) is 4.79 Å². The summed E-state index contributed by atoms with van der Waals surface area (Å²) in [5.41, 5.74) is 0. The van der Waals surface area contributed by atoms with Gasteiger partial charge in [0.1, 0.15) is 6.79 Å². The van der Waals surface area contributed by atoms with Gasteiger partial charge in [0.25, 0.3) is 0 Å². The Hall–Kier alpha value is -0.610. The number of rotatable bonds is 3. The topological polar surface area (TPSA) is 55.8 Å². The molecule has 0 aromatic rings. The van der Waals surface area contributed by atoms with Gasteiger partial charge in [-0.15, -0.1) is 0 Å². The first-order chi connectivity index (χ1) is 5.20. The lowest BCUT2D eigenvalue weighted by Crippen LogP contribution is -2.22. The standard InChI is InChI=1S/C7H12O4/c1-5(2-7(8)9)6-3-10-4-11-6/h5-6H,2-4H2,1H3,(H,8,9). The molecule has 2 atom stereocenters. The average molecular weight is 160 g/mol. The van der Waals surface area contributed by atoms with Crippen LogP contribution < -0.4 is 0 Å². The van der Waals surface area contributed by atoms with Gasteiger partial charge in [-0.3, -0.25) is 4.79 Å². The smallest absolute Gasteiger partial charge is 0.303 e. The lowest BCUT2D eigenvalue weighted by molar-refractivity contribution is -0.138. The molecule has 0 aromatic carbocycles. The third-order valence-electron chi connectivity index (χ3n) is 1.78. The molecule has 64 valence electrons. The summed E-state index contributed by atoms with van der Waals surface area (Å²) < 4.78 is 10.1. The van der Waals surface area contributed by atoms with E-state index in [1.54, 1.807) is 0 Å². The van der Waals surface area contributed by atoms with Crippen molar-refractivity contribution in [1.29, 1.82) is 0 Å². The van der Waals surface area contributed by atoms with E-state index in [0.717, 1.165) is 0 Å². The van der Waals surface area contributed by atoms with Crippen molar-refractivity contribution in [2.24, 2.45) is 5.92 Å². The van der Waals surface area contributed by atoms with Crippen LogP contribution in [0.15, 0.2) is 0 Å². The number of carboxylic acids is 1. The van der Waals surface area contributed by atoms with Gasteiger partial charge in [-0.25, -0.2) is 0 Å². The van der Waals surface area contributed by atoms with Gasteiger partial charge in [0.2, 0.25) is 0 Å². The zero-order valence-electron chi connectivity index (χ0n) is 6.45. The highest BCUT2D eigenvalue weighted by Crippen LogP contribution is 2.16. The lowest BCUT2D eigenvalue weighted by atomic mass is 10.0. The van der Waals surface area contributed by atoms with Gasteiger partial charge in [0.15, 0.2) is 0 Å². The van der Waals surface area contributed by atoms with Gasteiger partial charge in [-0.1, -0.05) is 6.92 Å². The summed E-state index contributed by atoms with van der Waals surface area (Å²) in [6, 6.07) is 0. The number of hydrogen-bond donors (Lipinski definition) is 1. The van der Waals surface area contributed by atoms with E-state index in [4.69, 9.17) is 14.6 Å². The van der Waals surface area contributed by atoms with E-state index in [1.807, 2.05) is 6.92 Å². The van der Waals surface area contributed by atoms with Gasteiger partial charge >= 0.3 is 5.97 Å². The molecule has 0 aliphatic carbocycles. The molecule has 2 unspecified atom stereocenters. The molecule has 0 aromatic heterocycles. The summed E-state index contributed by atoms with van der Waals surface area (Å²) in [6.45, 7) is 2.68. The second kappa shape index (κ2) is 3.69. The van der Waals surface area contributed by atoms with Gasteiger partial charge in [0.05, 0.1) is 19.1 Å². The van der Waals surface area contributed by atoms with Crippen molar-refractivity contribution >= 4 is 5.97 Å². The van der Waals surface area contributed by atoms with Gasteiger partial charge in [-0.2, -0.15) is 0 Å². The maximum atomic E-state index is 10.3. The molecular weight excluding hydrogens is 148 g/mol. The van der Waals surface area contributed by atoms with Crippen molar-refractivity contribution in [1.82, 2.24) is 0 Å². The minimum atomic E-state index is -0.784. The molecule has 1 aliphatic rings. The fourth-order valence-electron chi connectivity index (χ4n) is 1.08. The summed E-state index contributed by atoms with van der Waals surface area (Å²) in [7, 11) is 0. The van der Waals surface area contributed by atoms with E-state index in [1.165, 1.54) is 0 Å². The fraction of sp³-hybridized carbons (Fsp3) is 0.857. The highest BCUT2D eigenvalue weighted by Gasteiger charge is 2.24. The Balaban J connectivity index is 2.28. The summed E-state index contributed by atoms with van der Waals surface area (Å²) in [5, 5.41) is 8.45. The molecule has 1 N–H and O–H groups in total. The maximum absolute atomic E-state index is 10.3. The Kier molecular flexibility index (Phi) is 2.84. The molecule has 4 nitrogen and oxygen atoms in total. The van der Waals surface area contributed by atoms with Crippen LogP contribution in [0.3, 0.4) is 0 Å². The van der Waals surface area contributed by atoms with Crippen LogP contribution in [0.4, 0.5) is 0 Å². The Morgan fingerprint density at radius 3 is 3.00 bits per heavy atom. The van der Waals surface area contributed by atoms with E-state index >= 15 is 0 Å². The lowest BCUT2D eigenvalue weighted by Gasteiger charge is -2.13. The van der Waals surface area contributed by atoms with Crippen molar-refractivity contribution in [2.75, 3.05) is 13.4 Å². The molecule has 1 aliphatic heterocycles. The van der Waals surface area contributed by atoms with Crippen LogP contribution in [-0.4, -0.2) is 30.6 Å². The monoisotopic (exact) mass is 160 g/mol. The van der Waals surface area contributed by atoms with Crippen molar-refractivity contribution in [3.8, 4) is 0 Å². The number of aliphatic carboxylic acids is 1. The summed E-state index contributed by atoms with van der Waals surface area (Å²) >= 11 is 0. The molecule has 0 radical (unpaired) electrons. The van der Waals surface area contributed by atoms with Crippen molar-refractivity contribution in [3.63, 3.8) is 0 Å². The van der Waals surface area contributed by atoms with E-state index in [-0.39, 0.29) is 18.4 Å². The number of carboxylic acid groups (broad SMARTS) is 1. The summed E-state index contributed by atoms with van der Waals surface area (Å²) in [5.74, 6) is -0.747. The van der Waals surface area contributed by atoms with Crippen molar-refractivity contribution in [3.05, 3.63) is 0 Å². The molecule has 0 bridgehead atoms. The molecule has 1 heterocycles. The number of hydrogen-bond acceptors (Lipinski definition) is 3. The van der Waals surface area contributed by atoms with E-state index in [2.05, 4.69) is 0 Å². The first kappa shape index (κ1) is 8.49. The molecule has 4 heteroatoms. The quantitative estimate of drug-likeness (QED) is 0.652. The molecule has 0 amide bonds. The Morgan fingerprint density at radius 2 is 2.55 bits per heavy atom. The van der Waals surface area contributed by atoms with Crippen molar-refractivity contribution in [2.45, 2.75) is 19.4 Å². The SMILES string of the molecule is CC(CC(=O)O)C1COCO1. The van der Waals surface area contributed by atoms with Crippen LogP contribution in [-0.2, 0) is 14.3 Å². The van der Waals surface area contributed by atoms with Gasteiger partial charge in [0, 0.05) is 0 Å². The van der Waals surface area contributed by atoms with E-state index in [0.29, 0.717) is 13.4 Å². The molecule has 0 saturated carbocycles. The van der Waals surface area contributed by atoms with Crippen LogP contribution >= 0.6 is 0 Å². The van der Waals surface area contributed by atoms with Gasteiger partial charge in [-0.05, 0) is 5.92 Å². The van der Waals surface area contributed by atoms with Gasteiger partial charge < -0.3 is 14.6 Å². The highest BCUT2D eigenvalue weighted by molar-refractivity contribution is 5.67. The second-order valence-electron chi connectivity index (χ2n) is 2.77. The Labute approximate surface area is 65.1 Å². The molecule has 1 saturated heterocycles. The molecule has 11 heavy (non-hydrogen) atoms. The maximum Gasteiger partial charge on any atom is 0.303 e. The normalized spacial score (nSPS) is 26.8. The number of carbonyl (C=O) groups is 1. The Bertz CT molecular complexity index is 139. The van der Waals surface area contributed by atoms with Crippen LogP contribution in [0, 0.1) is 5.92 Å². The average Bonchev–Trinajstić information content (AvgIpc) is 2.35. The van der Waals surface area contributed by atoms with Crippen LogP contribution in [0.2, 0.25) is 0 Å². The predicted molar refractivity (Wildman–Crippen MR) is 37.1 cm³/mol. The predicted octanol–water partition coefficient (Wildman–Crippen LogP) is 0.470. The van der Waals surface area contributed by atoms with Crippen molar-refractivity contribution < 1.29 is 19.4 Å². The minimum absolute atomic E-state index is 0.0360. The highest BCUT2D eigenvalue weighted by atomic mass is 16.7. The molecular formula is C7H12O4. The third-order valence-corrected chi connectivity index (χ3v) is 1.78. The van der Waals surface area contributed by atoms with Crippen LogP contribution in [0.5, 0.6) is 0 Å². The first-order valence-corrected chi connectivity index (χ1v) is 3.61. The molecule has 1 fully saturated rings. The zero-order valence-corrected chi connectivity index (χ0v) is 6.45. The first-order valence-electron chi connectivity index (χ1n) is 3.61. The minimum Gasteiger partial charge on any atom is -0.481 e. The molecule has 0 spiro atoms. The fourth-order valence-corrected chi connectivity index (χ4v) is 1.08. The second-order valence-corrected chi connectivity index (χ2v) is 2.77. The Morgan fingerprint density at radius 1 is 1.82 bits per heavy atom. The third kappa shape index (κ3) is 2.48. The van der Waals surface area contributed by atoms with Crippen LogP contribution in [0.25, 0.3) is 0 Å². The summed E-state index contributed by atoms with van der Waals surface area (Å²) in [4.78, 5) is 10.3. The largest absolute Gasteiger partial charge is 0.481 e. The molecule has 1 rings (SSSR count). The zero-order chi connectivity index (χ0) is 8.27. The van der Waals surface area contributed by atoms with E-state index < -0.39 is 5.97 Å². The van der Waals surface area contributed by atoms with Crippen LogP contribution in [0.1, 0.15) is 13.3 Å².